The van der Waals surface area contributed by atoms with Crippen molar-refractivity contribution in [2.24, 2.45) is 0 Å². The van der Waals surface area contributed by atoms with Gasteiger partial charge in [0, 0.05) is 24.5 Å². The number of aromatic amines is 1. The van der Waals surface area contributed by atoms with E-state index in [9.17, 15) is 9.59 Å². The standard InChI is InChI=1S/C12H15BrN2O2/c1-3-15(8-4-5-8)12(17)9-6-14-7(2)10(13)11(9)16/h6,8H,3-5H2,1-2H3,(H,14,16). The van der Waals surface area contributed by atoms with E-state index in [1.807, 2.05) is 6.92 Å². The molecule has 1 heterocycles. The van der Waals surface area contributed by atoms with E-state index < -0.39 is 0 Å². The molecule has 1 saturated carbocycles. The third-order valence-electron chi connectivity index (χ3n) is 3.03. The molecule has 0 saturated heterocycles. The molecular formula is C12H15BrN2O2. The maximum atomic E-state index is 12.2. The zero-order valence-corrected chi connectivity index (χ0v) is 11.5. The van der Waals surface area contributed by atoms with Crippen LogP contribution < -0.4 is 5.43 Å². The Morgan fingerprint density at radius 3 is 2.76 bits per heavy atom. The molecule has 17 heavy (non-hydrogen) atoms. The van der Waals surface area contributed by atoms with Crippen LogP contribution in [0.25, 0.3) is 0 Å². The van der Waals surface area contributed by atoms with Crippen molar-refractivity contribution in [3.63, 3.8) is 0 Å². The molecule has 5 heteroatoms. The first-order valence-corrected chi connectivity index (χ1v) is 6.54. The third kappa shape index (κ3) is 2.29. The van der Waals surface area contributed by atoms with Gasteiger partial charge >= 0.3 is 0 Å². The van der Waals surface area contributed by atoms with E-state index in [-0.39, 0.29) is 16.9 Å². The molecule has 0 unspecified atom stereocenters. The zero-order chi connectivity index (χ0) is 12.6. The molecule has 0 bridgehead atoms. The Balaban J connectivity index is 2.36. The van der Waals surface area contributed by atoms with Crippen molar-refractivity contribution in [3.05, 3.63) is 32.2 Å². The highest BCUT2D eigenvalue weighted by Gasteiger charge is 2.33. The zero-order valence-electron chi connectivity index (χ0n) is 9.92. The molecule has 1 N–H and O–H groups in total. The van der Waals surface area contributed by atoms with Gasteiger partial charge in [-0.1, -0.05) is 0 Å². The SMILES string of the molecule is CCN(C(=O)c1c[nH]c(C)c(Br)c1=O)C1CC1. The van der Waals surface area contributed by atoms with Crippen LogP contribution in [0.5, 0.6) is 0 Å². The molecule has 0 aliphatic heterocycles. The van der Waals surface area contributed by atoms with Crippen LogP contribution >= 0.6 is 15.9 Å². The maximum absolute atomic E-state index is 12.2. The topological polar surface area (TPSA) is 53.2 Å². The molecular weight excluding hydrogens is 284 g/mol. The molecule has 1 aliphatic rings. The Bertz CT molecular complexity index is 506. The summed E-state index contributed by atoms with van der Waals surface area (Å²) in [6, 6.07) is 0.326. The minimum Gasteiger partial charge on any atom is -0.363 e. The molecule has 0 spiro atoms. The molecule has 1 amide bonds. The van der Waals surface area contributed by atoms with Gasteiger partial charge in [0.05, 0.1) is 4.47 Å². The summed E-state index contributed by atoms with van der Waals surface area (Å²) >= 11 is 3.21. The first-order chi connectivity index (χ1) is 8.06. The Morgan fingerprint density at radius 1 is 1.59 bits per heavy atom. The van der Waals surface area contributed by atoms with E-state index in [1.165, 1.54) is 6.20 Å². The van der Waals surface area contributed by atoms with Crippen molar-refractivity contribution in [3.8, 4) is 0 Å². The molecule has 0 radical (unpaired) electrons. The molecule has 1 fully saturated rings. The summed E-state index contributed by atoms with van der Waals surface area (Å²) in [7, 11) is 0. The van der Waals surface area contributed by atoms with Gasteiger partial charge in [-0.3, -0.25) is 9.59 Å². The van der Waals surface area contributed by atoms with Crippen LogP contribution in [0.1, 0.15) is 35.8 Å². The molecule has 4 nitrogen and oxygen atoms in total. The number of carbonyl (C=O) groups is 1. The van der Waals surface area contributed by atoms with Gasteiger partial charge in [0.15, 0.2) is 0 Å². The Kier molecular flexibility index (Phi) is 3.38. The quantitative estimate of drug-likeness (QED) is 0.929. The molecule has 2 rings (SSSR count). The number of aromatic nitrogens is 1. The summed E-state index contributed by atoms with van der Waals surface area (Å²) in [6.07, 6.45) is 3.60. The lowest BCUT2D eigenvalue weighted by molar-refractivity contribution is 0.0750. The number of aryl methyl sites for hydroxylation is 1. The molecule has 0 atom stereocenters. The van der Waals surface area contributed by atoms with Gasteiger partial charge < -0.3 is 9.88 Å². The van der Waals surface area contributed by atoms with Crippen LogP contribution in [-0.2, 0) is 0 Å². The van der Waals surface area contributed by atoms with Crippen molar-refractivity contribution in [1.82, 2.24) is 9.88 Å². The summed E-state index contributed by atoms with van der Waals surface area (Å²) in [4.78, 5) is 28.9. The van der Waals surface area contributed by atoms with Crippen LogP contribution in [-0.4, -0.2) is 28.4 Å². The first-order valence-electron chi connectivity index (χ1n) is 5.75. The van der Waals surface area contributed by atoms with Crippen LogP contribution in [0.4, 0.5) is 0 Å². The minimum absolute atomic E-state index is 0.169. The number of halogens is 1. The lowest BCUT2D eigenvalue weighted by Gasteiger charge is -2.20. The number of nitrogens with zero attached hydrogens (tertiary/aromatic N) is 1. The average molecular weight is 299 g/mol. The van der Waals surface area contributed by atoms with Crippen LogP contribution in [0, 0.1) is 6.92 Å². The molecule has 1 aliphatic carbocycles. The van der Waals surface area contributed by atoms with Crippen LogP contribution in [0.2, 0.25) is 0 Å². The van der Waals surface area contributed by atoms with E-state index >= 15 is 0 Å². The molecule has 92 valence electrons. The van der Waals surface area contributed by atoms with Gasteiger partial charge in [0.25, 0.3) is 5.91 Å². The predicted octanol–water partition coefficient (Wildman–Crippen LogP) is 2.07. The number of hydrogen-bond acceptors (Lipinski definition) is 2. The van der Waals surface area contributed by atoms with Crippen LogP contribution in [0.3, 0.4) is 0 Å². The van der Waals surface area contributed by atoms with E-state index in [0.29, 0.717) is 17.1 Å². The second-order valence-corrected chi connectivity index (χ2v) is 5.09. The predicted molar refractivity (Wildman–Crippen MR) is 69.2 cm³/mol. The van der Waals surface area contributed by atoms with Crippen molar-refractivity contribution in [2.45, 2.75) is 32.7 Å². The number of nitrogens with one attached hydrogen (secondary N) is 1. The van der Waals surface area contributed by atoms with E-state index in [4.69, 9.17) is 0 Å². The number of hydrogen-bond donors (Lipinski definition) is 1. The fraction of sp³-hybridized carbons (Fsp3) is 0.500. The largest absolute Gasteiger partial charge is 0.363 e. The molecule has 0 aromatic carbocycles. The van der Waals surface area contributed by atoms with E-state index in [0.717, 1.165) is 18.5 Å². The van der Waals surface area contributed by atoms with E-state index in [1.54, 1.807) is 11.8 Å². The van der Waals surface area contributed by atoms with Gasteiger partial charge in [-0.15, -0.1) is 0 Å². The highest BCUT2D eigenvalue weighted by atomic mass is 79.9. The highest BCUT2D eigenvalue weighted by Crippen LogP contribution is 2.27. The Morgan fingerprint density at radius 2 is 2.24 bits per heavy atom. The summed E-state index contributed by atoms with van der Waals surface area (Å²) < 4.78 is 0.440. The number of carbonyl (C=O) groups excluding carboxylic acids is 1. The number of amides is 1. The van der Waals surface area contributed by atoms with Crippen molar-refractivity contribution in [2.75, 3.05) is 6.54 Å². The monoisotopic (exact) mass is 298 g/mol. The summed E-state index contributed by atoms with van der Waals surface area (Å²) in [5.74, 6) is -0.169. The normalized spacial score (nSPS) is 14.8. The highest BCUT2D eigenvalue weighted by molar-refractivity contribution is 9.10. The third-order valence-corrected chi connectivity index (χ3v) is 3.98. The van der Waals surface area contributed by atoms with Gasteiger partial charge in [-0.2, -0.15) is 0 Å². The maximum Gasteiger partial charge on any atom is 0.259 e. The van der Waals surface area contributed by atoms with Crippen molar-refractivity contribution >= 4 is 21.8 Å². The van der Waals surface area contributed by atoms with Gasteiger partial charge in [0.2, 0.25) is 5.43 Å². The van der Waals surface area contributed by atoms with E-state index in [2.05, 4.69) is 20.9 Å². The number of rotatable bonds is 3. The van der Waals surface area contributed by atoms with Crippen LogP contribution in [0.15, 0.2) is 15.5 Å². The van der Waals surface area contributed by atoms with Gasteiger partial charge in [-0.05, 0) is 42.6 Å². The fourth-order valence-electron chi connectivity index (χ4n) is 1.87. The lowest BCUT2D eigenvalue weighted by Crippen LogP contribution is -2.36. The molecule has 1 aromatic heterocycles. The smallest absolute Gasteiger partial charge is 0.259 e. The van der Waals surface area contributed by atoms with Crippen molar-refractivity contribution in [1.29, 1.82) is 0 Å². The summed E-state index contributed by atoms with van der Waals surface area (Å²) in [6.45, 7) is 4.38. The minimum atomic E-state index is -0.231. The fourth-order valence-corrected chi connectivity index (χ4v) is 2.19. The lowest BCUT2D eigenvalue weighted by atomic mass is 10.2. The first kappa shape index (κ1) is 12.4. The van der Waals surface area contributed by atoms with Gasteiger partial charge in [-0.25, -0.2) is 0 Å². The Labute approximate surface area is 108 Å². The second kappa shape index (κ2) is 4.64. The summed E-state index contributed by atoms with van der Waals surface area (Å²) in [5.41, 5.74) is 0.725. The average Bonchev–Trinajstić information content (AvgIpc) is 3.11. The Hall–Kier alpha value is -1.10. The summed E-state index contributed by atoms with van der Waals surface area (Å²) in [5, 5.41) is 0. The van der Waals surface area contributed by atoms with Crippen molar-refractivity contribution < 1.29 is 4.79 Å². The molecule has 1 aromatic rings. The number of pyridine rings is 1. The second-order valence-electron chi connectivity index (χ2n) is 4.29. The number of H-pyrrole nitrogens is 1. The van der Waals surface area contributed by atoms with Gasteiger partial charge in [0.1, 0.15) is 5.56 Å².